The van der Waals surface area contributed by atoms with Gasteiger partial charge in [0, 0.05) is 53.8 Å². The second-order valence-electron chi connectivity index (χ2n) is 12.6. The van der Waals surface area contributed by atoms with Gasteiger partial charge in [-0.25, -0.2) is 0 Å². The first-order chi connectivity index (χ1) is 17.1. The third-order valence-electron chi connectivity index (χ3n) is 6.64. The van der Waals surface area contributed by atoms with Gasteiger partial charge in [0.2, 0.25) is 0 Å². The third-order valence-corrected chi connectivity index (χ3v) is 25.0. The normalized spacial score (nSPS) is 13.9. The molecule has 0 fully saturated rings. The van der Waals surface area contributed by atoms with Crippen LogP contribution in [0.3, 0.4) is 0 Å². The molecule has 0 rings (SSSR count). The van der Waals surface area contributed by atoms with Gasteiger partial charge in [-0.2, -0.15) is 0 Å². The Morgan fingerprint density at radius 2 is 0.784 bits per heavy atom. The minimum atomic E-state index is -2.54. The lowest BCUT2D eigenvalue weighted by atomic mass is 10.4. The van der Waals surface area contributed by atoms with Crippen LogP contribution in [0, 0.1) is 0 Å². The first-order valence-electron chi connectivity index (χ1n) is 14.3. The van der Waals surface area contributed by atoms with Crippen molar-refractivity contribution in [2.75, 3.05) is 47.8 Å². The largest absolute Gasteiger partial charge is 0.499 e. The smallest absolute Gasteiger partial charge is 0.456 e. The van der Waals surface area contributed by atoms with Crippen molar-refractivity contribution >= 4 is 42.1 Å². The second kappa shape index (κ2) is 18.3. The molecule has 0 aliphatic carbocycles. The summed E-state index contributed by atoms with van der Waals surface area (Å²) in [5.74, 6) is 0. The quantitative estimate of drug-likeness (QED) is 0.0833. The first-order valence-corrected chi connectivity index (χ1v) is 28.7. The molecule has 0 aliphatic rings. The molecule has 37 heavy (non-hydrogen) atoms. The summed E-state index contributed by atoms with van der Waals surface area (Å²) in [7, 11) is -4.15. The van der Waals surface area contributed by atoms with Gasteiger partial charge >= 0.3 is 8.80 Å². The Balaban J connectivity index is 3.98. The average Bonchev–Trinajstić information content (AvgIpc) is 2.77. The summed E-state index contributed by atoms with van der Waals surface area (Å²) in [5.41, 5.74) is 0. The van der Waals surface area contributed by atoms with Crippen LogP contribution in [0.4, 0.5) is 0 Å². The van der Waals surface area contributed by atoms with Crippen LogP contribution >= 0.6 is 0 Å². The van der Waals surface area contributed by atoms with E-state index in [1.54, 1.807) is 21.3 Å². The van der Waals surface area contributed by atoms with Gasteiger partial charge in [-0.05, 0) is 95.8 Å². The molecular formula is C25H62O7Si5. The van der Waals surface area contributed by atoms with Crippen molar-refractivity contribution in [1.29, 1.82) is 0 Å². The highest BCUT2D eigenvalue weighted by Gasteiger charge is 2.42. The number of rotatable bonds is 24. The van der Waals surface area contributed by atoms with Crippen molar-refractivity contribution in [2.45, 2.75) is 115 Å². The highest BCUT2D eigenvalue weighted by molar-refractivity contribution is 6.85. The molecule has 0 saturated heterocycles. The fourth-order valence-electron chi connectivity index (χ4n) is 4.98. The summed E-state index contributed by atoms with van der Waals surface area (Å²) in [5, 5.41) is 0. The van der Waals surface area contributed by atoms with E-state index in [-0.39, 0.29) is 0 Å². The van der Waals surface area contributed by atoms with Gasteiger partial charge in [-0.3, -0.25) is 0 Å². The van der Waals surface area contributed by atoms with Crippen LogP contribution in [0.15, 0.2) is 0 Å². The van der Waals surface area contributed by atoms with Crippen molar-refractivity contribution < 1.29 is 31.0 Å². The molecule has 0 unspecified atom stereocenters. The summed E-state index contributed by atoms with van der Waals surface area (Å²) in [4.78, 5) is 0. The summed E-state index contributed by atoms with van der Waals surface area (Å²) < 4.78 is 41.9. The highest BCUT2D eigenvalue weighted by Crippen LogP contribution is 2.27. The molecule has 0 aromatic carbocycles. The Labute approximate surface area is 235 Å². The van der Waals surface area contributed by atoms with Gasteiger partial charge in [0.1, 0.15) is 0 Å². The molecule has 0 aliphatic heterocycles. The zero-order valence-electron chi connectivity index (χ0n) is 26.6. The molecule has 0 spiro atoms. The van der Waals surface area contributed by atoms with Gasteiger partial charge in [-0.1, -0.05) is 13.3 Å². The zero-order valence-corrected chi connectivity index (χ0v) is 31.6. The fraction of sp³-hybridized carbons (Fsp3) is 1.00. The number of hydrogen-bond acceptors (Lipinski definition) is 7. The van der Waals surface area contributed by atoms with E-state index in [4.69, 9.17) is 31.0 Å². The Bertz CT molecular complexity index is 580. The van der Waals surface area contributed by atoms with Gasteiger partial charge in [0.15, 0.2) is 33.3 Å². The van der Waals surface area contributed by atoms with Crippen molar-refractivity contribution in [3.05, 3.63) is 0 Å². The maximum absolute atomic E-state index is 6.75. The summed E-state index contributed by atoms with van der Waals surface area (Å²) in [6.07, 6.45) is 4.33. The molecule has 0 aromatic rings. The molecule has 0 atom stereocenters. The molecule has 224 valence electrons. The predicted octanol–water partition coefficient (Wildman–Crippen LogP) is 7.33. The van der Waals surface area contributed by atoms with E-state index in [2.05, 4.69) is 59.3 Å². The van der Waals surface area contributed by atoms with Gasteiger partial charge in [-0.15, -0.1) is 0 Å². The van der Waals surface area contributed by atoms with Crippen molar-refractivity contribution in [3.63, 3.8) is 0 Å². The zero-order chi connectivity index (χ0) is 28.6. The van der Waals surface area contributed by atoms with Crippen molar-refractivity contribution in [3.8, 4) is 0 Å². The Morgan fingerprint density at radius 1 is 0.432 bits per heavy atom. The molecular weight excluding hydrogens is 553 g/mol. The Morgan fingerprint density at radius 3 is 1.16 bits per heavy atom. The maximum Gasteiger partial charge on any atom is 0.499 e. The molecule has 0 amide bonds. The molecule has 0 N–H and O–H groups in total. The molecule has 12 heteroatoms. The topological polar surface area (TPSA) is 64.6 Å². The number of ether oxygens (including phenoxy) is 2. The second-order valence-corrected chi connectivity index (χ2v) is 33.4. The number of hydrogen-bond donors (Lipinski definition) is 0. The van der Waals surface area contributed by atoms with Crippen LogP contribution in [-0.2, 0) is 31.0 Å². The van der Waals surface area contributed by atoms with E-state index in [9.17, 15) is 0 Å². The molecule has 7 nitrogen and oxygen atoms in total. The van der Waals surface area contributed by atoms with Crippen LogP contribution < -0.4 is 0 Å². The standard InChI is InChI=1S/C25H62O7Si5/c1-13-21-33(5,6)31-34(7,8)22-15-19-29-17-14-18-30-20-16-23-35(9,10)32-36(11,12)24-25-37(26-2,27-3)28-4/h13-25H2,1-12H3. The molecule has 0 aromatic heterocycles. The van der Waals surface area contributed by atoms with Crippen LogP contribution in [0.25, 0.3) is 0 Å². The molecule has 0 bridgehead atoms. The highest BCUT2D eigenvalue weighted by atomic mass is 28.4. The van der Waals surface area contributed by atoms with Crippen LogP contribution in [0.1, 0.15) is 32.6 Å². The van der Waals surface area contributed by atoms with Crippen LogP contribution in [0.2, 0.25) is 82.6 Å². The Hall–Kier alpha value is 0.804. The first kappa shape index (κ1) is 37.8. The summed E-state index contributed by atoms with van der Waals surface area (Å²) in [6.45, 7) is 24.1. The Kier molecular flexibility index (Phi) is 18.7. The minimum absolute atomic E-state index is 0.765. The lowest BCUT2D eigenvalue weighted by molar-refractivity contribution is 0.0827. The molecule has 0 saturated carbocycles. The lowest BCUT2D eigenvalue weighted by Gasteiger charge is -2.35. The monoisotopic (exact) mass is 614 g/mol. The minimum Gasteiger partial charge on any atom is -0.456 e. The van der Waals surface area contributed by atoms with Gasteiger partial charge in [0.05, 0.1) is 0 Å². The van der Waals surface area contributed by atoms with Crippen LogP contribution in [0.5, 0.6) is 0 Å². The fourth-order valence-corrected chi connectivity index (χ4v) is 26.5. The van der Waals surface area contributed by atoms with Crippen molar-refractivity contribution in [2.24, 2.45) is 0 Å². The average molecular weight is 615 g/mol. The lowest BCUT2D eigenvalue weighted by Crippen LogP contribution is -2.48. The summed E-state index contributed by atoms with van der Waals surface area (Å²) in [6, 6.07) is 5.33. The predicted molar refractivity (Wildman–Crippen MR) is 169 cm³/mol. The van der Waals surface area contributed by atoms with Gasteiger partial charge in [0.25, 0.3) is 0 Å². The summed E-state index contributed by atoms with van der Waals surface area (Å²) >= 11 is 0. The van der Waals surface area contributed by atoms with Gasteiger partial charge < -0.3 is 31.0 Å². The van der Waals surface area contributed by atoms with E-state index >= 15 is 0 Å². The van der Waals surface area contributed by atoms with Crippen molar-refractivity contribution in [1.82, 2.24) is 0 Å². The van der Waals surface area contributed by atoms with E-state index in [1.165, 1.54) is 18.5 Å². The third kappa shape index (κ3) is 18.7. The van der Waals surface area contributed by atoms with E-state index < -0.39 is 42.1 Å². The van der Waals surface area contributed by atoms with E-state index in [1.807, 2.05) is 0 Å². The van der Waals surface area contributed by atoms with Crippen LogP contribution in [-0.4, -0.2) is 89.8 Å². The van der Waals surface area contributed by atoms with E-state index in [0.717, 1.165) is 63.8 Å². The van der Waals surface area contributed by atoms with E-state index in [0.29, 0.717) is 0 Å². The molecule has 0 heterocycles. The SMILES string of the molecule is CCC[Si](C)(C)O[Si](C)(C)CCCOCCCOCCC[Si](C)(C)O[Si](C)(C)CC[Si](OC)(OC)OC. The molecule has 0 radical (unpaired) electrons. The maximum atomic E-state index is 6.75.